The molecular formula is C20H28N4O3. The molecule has 2 heterocycles. The van der Waals surface area contributed by atoms with Crippen LogP contribution in [0, 0.1) is 5.92 Å². The fourth-order valence-electron chi connectivity index (χ4n) is 3.56. The van der Waals surface area contributed by atoms with Crippen LogP contribution in [0.3, 0.4) is 0 Å². The largest absolute Gasteiger partial charge is 0.439 e. The summed E-state index contributed by atoms with van der Waals surface area (Å²) in [5.74, 6) is 0.663. The third-order valence-corrected chi connectivity index (χ3v) is 5.47. The van der Waals surface area contributed by atoms with Gasteiger partial charge in [0.1, 0.15) is 5.78 Å². The SMILES string of the molecule is CN1CCC(CC[C@H](N)C(=O)CCc2ccc(-c3noc(=O)[nH]3)cc2)CC1. The molecule has 0 aliphatic carbocycles. The summed E-state index contributed by atoms with van der Waals surface area (Å²) in [4.78, 5) is 28.2. The number of ketones is 1. The molecule has 3 N–H and O–H groups in total. The van der Waals surface area contributed by atoms with Crippen LogP contribution in [-0.2, 0) is 11.2 Å². The molecule has 1 saturated heterocycles. The van der Waals surface area contributed by atoms with E-state index in [1.165, 1.54) is 12.8 Å². The van der Waals surface area contributed by atoms with Gasteiger partial charge in [-0.2, -0.15) is 0 Å². The number of aromatic amines is 1. The zero-order chi connectivity index (χ0) is 19.2. The minimum atomic E-state index is -0.575. The maximum absolute atomic E-state index is 12.3. The number of nitrogens with two attached hydrogens (primary N) is 1. The van der Waals surface area contributed by atoms with Crippen molar-refractivity contribution < 1.29 is 9.32 Å². The Labute approximate surface area is 158 Å². The number of nitrogens with zero attached hydrogens (tertiary/aromatic N) is 2. The topological polar surface area (TPSA) is 105 Å². The van der Waals surface area contributed by atoms with Crippen molar-refractivity contribution in [3.63, 3.8) is 0 Å². The molecule has 146 valence electrons. The summed E-state index contributed by atoms with van der Waals surface area (Å²) in [5.41, 5.74) is 7.94. The Morgan fingerprint density at radius 3 is 2.67 bits per heavy atom. The van der Waals surface area contributed by atoms with Gasteiger partial charge in [-0.25, -0.2) is 4.79 Å². The second-order valence-corrected chi connectivity index (χ2v) is 7.54. The van der Waals surface area contributed by atoms with Crippen LogP contribution in [0.1, 0.15) is 37.7 Å². The summed E-state index contributed by atoms with van der Waals surface area (Å²) < 4.78 is 4.50. The Morgan fingerprint density at radius 1 is 1.33 bits per heavy atom. The van der Waals surface area contributed by atoms with E-state index in [4.69, 9.17) is 5.73 Å². The molecule has 7 nitrogen and oxygen atoms in total. The first-order chi connectivity index (χ1) is 13.0. The highest BCUT2D eigenvalue weighted by Crippen LogP contribution is 2.22. The highest BCUT2D eigenvalue weighted by Gasteiger charge is 2.20. The molecule has 3 rings (SSSR count). The number of nitrogens with one attached hydrogen (secondary N) is 1. The van der Waals surface area contributed by atoms with Gasteiger partial charge in [-0.15, -0.1) is 0 Å². The van der Waals surface area contributed by atoms with Crippen molar-refractivity contribution >= 4 is 5.78 Å². The summed E-state index contributed by atoms with van der Waals surface area (Å²) in [6, 6.07) is 7.21. The molecule has 2 aromatic rings. The Kier molecular flexibility index (Phi) is 6.58. The normalized spacial score (nSPS) is 17.1. The molecular weight excluding hydrogens is 344 g/mol. The van der Waals surface area contributed by atoms with E-state index in [2.05, 4.69) is 26.6 Å². The molecule has 0 radical (unpaired) electrons. The van der Waals surface area contributed by atoms with E-state index in [0.29, 0.717) is 24.6 Å². The van der Waals surface area contributed by atoms with E-state index >= 15 is 0 Å². The minimum absolute atomic E-state index is 0.132. The third-order valence-electron chi connectivity index (χ3n) is 5.47. The molecule has 1 aliphatic heterocycles. The van der Waals surface area contributed by atoms with Gasteiger partial charge in [-0.05, 0) is 63.7 Å². The van der Waals surface area contributed by atoms with Gasteiger partial charge in [0.05, 0.1) is 6.04 Å². The summed E-state index contributed by atoms with van der Waals surface area (Å²) in [5, 5.41) is 3.66. The van der Waals surface area contributed by atoms with Crippen molar-refractivity contribution in [3.8, 4) is 11.4 Å². The van der Waals surface area contributed by atoms with Crippen LogP contribution in [-0.4, -0.2) is 47.0 Å². The number of aryl methyl sites for hydroxylation is 1. The fraction of sp³-hybridized carbons (Fsp3) is 0.550. The lowest BCUT2D eigenvalue weighted by Crippen LogP contribution is -2.33. The first-order valence-corrected chi connectivity index (χ1v) is 9.63. The molecule has 1 aliphatic rings. The van der Waals surface area contributed by atoms with Crippen molar-refractivity contribution in [2.24, 2.45) is 11.7 Å². The summed E-state index contributed by atoms with van der Waals surface area (Å²) >= 11 is 0. The molecule has 0 bridgehead atoms. The number of hydrogen-bond acceptors (Lipinski definition) is 6. The Balaban J connectivity index is 1.42. The van der Waals surface area contributed by atoms with E-state index in [9.17, 15) is 9.59 Å². The lowest BCUT2D eigenvalue weighted by atomic mass is 9.89. The van der Waals surface area contributed by atoms with Crippen LogP contribution in [0.2, 0.25) is 0 Å². The highest BCUT2D eigenvalue weighted by atomic mass is 16.5. The number of benzene rings is 1. The second-order valence-electron chi connectivity index (χ2n) is 7.54. The first kappa shape index (κ1) is 19.5. The standard InChI is InChI=1S/C20H28N4O3/c1-24-12-10-15(11-13-24)4-8-17(21)18(25)9-5-14-2-6-16(7-3-14)19-22-20(26)27-23-19/h2-3,6-7,15,17H,4-5,8-13,21H2,1H3,(H,22,23,26)/t17-/m0/s1. The molecule has 1 atom stereocenters. The average molecular weight is 372 g/mol. The molecule has 7 heteroatoms. The van der Waals surface area contributed by atoms with Gasteiger partial charge in [0.2, 0.25) is 0 Å². The number of carbonyl (C=O) groups is 1. The van der Waals surface area contributed by atoms with Gasteiger partial charge in [0.25, 0.3) is 0 Å². The smallest absolute Gasteiger partial charge is 0.322 e. The second kappa shape index (κ2) is 9.10. The lowest BCUT2D eigenvalue weighted by Gasteiger charge is -2.29. The molecule has 0 amide bonds. The van der Waals surface area contributed by atoms with Crippen molar-refractivity contribution in [1.82, 2.24) is 15.0 Å². The van der Waals surface area contributed by atoms with Crippen molar-refractivity contribution in [1.29, 1.82) is 0 Å². The summed E-state index contributed by atoms with van der Waals surface area (Å²) in [7, 11) is 2.16. The van der Waals surface area contributed by atoms with Crippen LogP contribution in [0.5, 0.6) is 0 Å². The first-order valence-electron chi connectivity index (χ1n) is 9.63. The molecule has 0 saturated carbocycles. The highest BCUT2D eigenvalue weighted by molar-refractivity contribution is 5.83. The predicted molar refractivity (Wildman–Crippen MR) is 103 cm³/mol. The lowest BCUT2D eigenvalue weighted by molar-refractivity contribution is -0.120. The van der Waals surface area contributed by atoms with Gasteiger partial charge in [0, 0.05) is 12.0 Å². The molecule has 1 aromatic heterocycles. The summed E-state index contributed by atoms with van der Waals surface area (Å²) in [6.07, 6.45) is 5.36. The van der Waals surface area contributed by atoms with Crippen molar-refractivity contribution in [2.45, 2.75) is 44.6 Å². The quantitative estimate of drug-likeness (QED) is 0.734. The Hall–Kier alpha value is -2.25. The van der Waals surface area contributed by atoms with Gasteiger partial charge in [-0.1, -0.05) is 29.4 Å². The minimum Gasteiger partial charge on any atom is -0.322 e. The van der Waals surface area contributed by atoms with E-state index in [0.717, 1.165) is 37.1 Å². The van der Waals surface area contributed by atoms with Crippen LogP contribution >= 0.6 is 0 Å². The number of H-pyrrole nitrogens is 1. The third kappa shape index (κ3) is 5.61. The number of carbonyl (C=O) groups excluding carboxylic acids is 1. The maximum Gasteiger partial charge on any atom is 0.439 e. The van der Waals surface area contributed by atoms with Crippen LogP contribution in [0.4, 0.5) is 0 Å². The number of hydrogen-bond donors (Lipinski definition) is 2. The van der Waals surface area contributed by atoms with Gasteiger partial charge in [-0.3, -0.25) is 14.3 Å². The summed E-state index contributed by atoms with van der Waals surface area (Å²) in [6.45, 7) is 2.29. The van der Waals surface area contributed by atoms with Gasteiger partial charge in [0.15, 0.2) is 5.82 Å². The molecule has 0 unspecified atom stereocenters. The van der Waals surface area contributed by atoms with Crippen molar-refractivity contribution in [2.75, 3.05) is 20.1 Å². The Morgan fingerprint density at radius 2 is 2.04 bits per heavy atom. The number of Topliss-reactive ketones (excluding diaryl/α,β-unsaturated/α-hetero) is 1. The fourth-order valence-corrected chi connectivity index (χ4v) is 3.56. The zero-order valence-corrected chi connectivity index (χ0v) is 15.8. The van der Waals surface area contributed by atoms with E-state index in [-0.39, 0.29) is 11.8 Å². The maximum atomic E-state index is 12.3. The Bertz CT molecular complexity index is 788. The van der Waals surface area contributed by atoms with Crippen LogP contribution < -0.4 is 11.5 Å². The van der Waals surface area contributed by atoms with Crippen LogP contribution in [0.25, 0.3) is 11.4 Å². The number of likely N-dealkylation sites (tertiary alicyclic amines) is 1. The number of piperidine rings is 1. The monoisotopic (exact) mass is 372 g/mol. The van der Waals surface area contributed by atoms with Crippen LogP contribution in [0.15, 0.2) is 33.6 Å². The van der Waals surface area contributed by atoms with Gasteiger partial charge < -0.3 is 10.6 Å². The average Bonchev–Trinajstić information content (AvgIpc) is 3.12. The molecule has 1 aromatic carbocycles. The molecule has 0 spiro atoms. The zero-order valence-electron chi connectivity index (χ0n) is 15.8. The molecule has 27 heavy (non-hydrogen) atoms. The predicted octanol–water partition coefficient (Wildman–Crippen LogP) is 1.98. The molecule has 1 fully saturated rings. The van der Waals surface area contributed by atoms with E-state index < -0.39 is 5.76 Å². The number of aromatic nitrogens is 2. The van der Waals surface area contributed by atoms with E-state index in [1.54, 1.807) is 0 Å². The number of rotatable bonds is 8. The van der Waals surface area contributed by atoms with Crippen molar-refractivity contribution in [3.05, 3.63) is 40.4 Å². The van der Waals surface area contributed by atoms with Gasteiger partial charge >= 0.3 is 5.76 Å². The van der Waals surface area contributed by atoms with E-state index in [1.807, 2.05) is 24.3 Å².